The molecular weight excluding hydrogens is 332 g/mol. The second kappa shape index (κ2) is 6.76. The number of pyridine rings is 1. The Bertz CT molecular complexity index is 671. The number of hydrogen-bond donors (Lipinski definition) is 2. The first-order chi connectivity index (χ1) is 11.5. The van der Waals surface area contributed by atoms with Gasteiger partial charge < -0.3 is 10.6 Å². The van der Waals surface area contributed by atoms with Crippen LogP contribution in [-0.2, 0) is 9.59 Å². The van der Waals surface area contributed by atoms with Gasteiger partial charge in [0.05, 0.1) is 5.69 Å². The van der Waals surface area contributed by atoms with Crippen LogP contribution in [0, 0.1) is 0 Å². The van der Waals surface area contributed by atoms with Crippen LogP contribution in [0.25, 0.3) is 0 Å². The second-order valence-corrected chi connectivity index (χ2v) is 6.57. The van der Waals surface area contributed by atoms with Crippen molar-refractivity contribution in [2.45, 2.75) is 44.1 Å². The van der Waals surface area contributed by atoms with Crippen molar-refractivity contribution in [3.63, 3.8) is 0 Å². The van der Waals surface area contributed by atoms with Gasteiger partial charge in [-0.15, -0.1) is 0 Å². The summed E-state index contributed by atoms with van der Waals surface area (Å²) in [5, 5.41) is 5.54. The van der Waals surface area contributed by atoms with Gasteiger partial charge in [-0.05, 0) is 25.0 Å². The highest BCUT2D eigenvalue weighted by Gasteiger charge is 2.51. The minimum atomic E-state index is -0.834. The summed E-state index contributed by atoms with van der Waals surface area (Å²) in [6, 6.07) is 2.73. The van der Waals surface area contributed by atoms with Gasteiger partial charge in [-0.25, -0.2) is 9.78 Å². The van der Waals surface area contributed by atoms with Gasteiger partial charge in [-0.2, -0.15) is 0 Å². The molecule has 8 heteroatoms. The number of nitrogens with zero attached hydrogens (tertiary/aromatic N) is 2. The maximum atomic E-state index is 12.7. The summed E-state index contributed by atoms with van der Waals surface area (Å²) in [5.74, 6) is -0.791. The molecule has 0 radical (unpaired) electrons. The molecule has 24 heavy (non-hydrogen) atoms. The molecular formula is C16H19ClN4O3. The number of imide groups is 1. The Morgan fingerprint density at radius 2 is 2.00 bits per heavy atom. The van der Waals surface area contributed by atoms with Gasteiger partial charge in [0, 0.05) is 6.20 Å². The largest absolute Gasteiger partial charge is 0.325 e. The van der Waals surface area contributed by atoms with Crippen molar-refractivity contribution >= 4 is 35.1 Å². The highest BCUT2D eigenvalue weighted by Crippen LogP contribution is 2.32. The summed E-state index contributed by atoms with van der Waals surface area (Å²) in [6.45, 7) is -0.336. The monoisotopic (exact) mass is 350 g/mol. The smallest absolute Gasteiger partial charge is 0.323 e. The zero-order valence-corrected chi connectivity index (χ0v) is 13.9. The SMILES string of the molecule is O=C(CN1C(=O)NC2(CCCCCC2)C1=O)Nc1cccnc1Cl. The Balaban J connectivity index is 1.68. The highest BCUT2D eigenvalue weighted by molar-refractivity contribution is 6.32. The Morgan fingerprint density at radius 3 is 2.67 bits per heavy atom. The molecule has 4 amide bonds. The van der Waals surface area contributed by atoms with Crippen molar-refractivity contribution in [2.75, 3.05) is 11.9 Å². The number of urea groups is 1. The standard InChI is InChI=1S/C16H19ClN4O3/c17-13-11(6-5-9-18-13)19-12(22)10-21-14(23)16(20-15(21)24)7-3-1-2-4-8-16/h5-6,9H,1-4,7-8,10H2,(H,19,22)(H,20,24). The van der Waals surface area contributed by atoms with Gasteiger partial charge in [0.1, 0.15) is 12.1 Å². The van der Waals surface area contributed by atoms with Crippen LogP contribution in [0.1, 0.15) is 38.5 Å². The number of rotatable bonds is 3. The predicted octanol–water partition coefficient (Wildman–Crippen LogP) is 2.32. The van der Waals surface area contributed by atoms with E-state index in [9.17, 15) is 14.4 Å². The van der Waals surface area contributed by atoms with Gasteiger partial charge in [0.15, 0.2) is 5.15 Å². The number of amides is 4. The minimum Gasteiger partial charge on any atom is -0.323 e. The van der Waals surface area contributed by atoms with Crippen LogP contribution >= 0.6 is 11.6 Å². The van der Waals surface area contributed by atoms with Crippen LogP contribution < -0.4 is 10.6 Å². The van der Waals surface area contributed by atoms with Crippen LogP contribution in [0.4, 0.5) is 10.5 Å². The van der Waals surface area contributed by atoms with Crippen molar-refractivity contribution in [2.24, 2.45) is 0 Å². The van der Waals surface area contributed by atoms with E-state index < -0.39 is 17.5 Å². The first kappa shape index (κ1) is 16.7. The quantitative estimate of drug-likeness (QED) is 0.646. The van der Waals surface area contributed by atoms with E-state index in [1.807, 2.05) is 0 Å². The molecule has 7 nitrogen and oxygen atoms in total. The Labute approximate surface area is 144 Å². The summed E-state index contributed by atoms with van der Waals surface area (Å²) in [6.07, 6.45) is 6.68. The fraction of sp³-hybridized carbons (Fsp3) is 0.500. The molecule has 2 heterocycles. The molecule has 1 aliphatic carbocycles. The third-order valence-electron chi connectivity index (χ3n) is 4.54. The third kappa shape index (κ3) is 3.21. The van der Waals surface area contributed by atoms with E-state index in [1.54, 1.807) is 12.1 Å². The first-order valence-corrected chi connectivity index (χ1v) is 8.44. The first-order valence-electron chi connectivity index (χ1n) is 8.06. The van der Waals surface area contributed by atoms with Crippen LogP contribution in [0.15, 0.2) is 18.3 Å². The molecule has 0 aromatic carbocycles. The number of hydrogen-bond acceptors (Lipinski definition) is 4. The summed E-state index contributed by atoms with van der Waals surface area (Å²) >= 11 is 5.89. The lowest BCUT2D eigenvalue weighted by molar-refractivity contribution is -0.134. The molecule has 1 aromatic rings. The van der Waals surface area contributed by atoms with Gasteiger partial charge in [-0.3, -0.25) is 14.5 Å². The van der Waals surface area contributed by atoms with Crippen molar-refractivity contribution in [1.82, 2.24) is 15.2 Å². The maximum Gasteiger partial charge on any atom is 0.325 e. The normalized spacial score (nSPS) is 20.0. The van der Waals surface area contributed by atoms with E-state index in [0.29, 0.717) is 18.5 Å². The molecule has 128 valence electrons. The van der Waals surface area contributed by atoms with Gasteiger partial charge >= 0.3 is 6.03 Å². The summed E-state index contributed by atoms with van der Waals surface area (Å²) in [4.78, 5) is 42.0. The molecule has 1 saturated heterocycles. The van der Waals surface area contributed by atoms with E-state index in [-0.39, 0.29) is 17.6 Å². The number of nitrogens with one attached hydrogen (secondary N) is 2. The molecule has 1 aromatic heterocycles. The average Bonchev–Trinajstić information content (AvgIpc) is 2.73. The van der Waals surface area contributed by atoms with Crippen molar-refractivity contribution in [3.05, 3.63) is 23.5 Å². The zero-order valence-electron chi connectivity index (χ0n) is 13.2. The van der Waals surface area contributed by atoms with E-state index in [2.05, 4.69) is 15.6 Å². The molecule has 1 spiro atoms. The predicted molar refractivity (Wildman–Crippen MR) is 88.6 cm³/mol. The van der Waals surface area contributed by atoms with Crippen molar-refractivity contribution in [1.29, 1.82) is 0 Å². The lowest BCUT2D eigenvalue weighted by Crippen LogP contribution is -2.47. The Morgan fingerprint density at radius 1 is 1.29 bits per heavy atom. The Hall–Kier alpha value is -2.15. The molecule has 1 aliphatic heterocycles. The summed E-state index contributed by atoms with van der Waals surface area (Å²) in [5.41, 5.74) is -0.486. The van der Waals surface area contributed by atoms with Crippen LogP contribution in [0.3, 0.4) is 0 Å². The van der Waals surface area contributed by atoms with Crippen LogP contribution in [0.5, 0.6) is 0 Å². The molecule has 3 rings (SSSR count). The van der Waals surface area contributed by atoms with Crippen LogP contribution in [0.2, 0.25) is 5.15 Å². The zero-order chi connectivity index (χ0) is 17.2. The highest BCUT2D eigenvalue weighted by atomic mass is 35.5. The molecule has 0 bridgehead atoms. The van der Waals surface area contributed by atoms with Gasteiger partial charge in [-0.1, -0.05) is 37.3 Å². The van der Waals surface area contributed by atoms with E-state index in [0.717, 1.165) is 30.6 Å². The molecule has 1 saturated carbocycles. The molecule has 2 fully saturated rings. The molecule has 2 N–H and O–H groups in total. The van der Waals surface area contributed by atoms with Crippen molar-refractivity contribution in [3.8, 4) is 0 Å². The number of carbonyl (C=O) groups is 3. The maximum absolute atomic E-state index is 12.7. The lowest BCUT2D eigenvalue weighted by atomic mass is 9.90. The summed E-state index contributed by atoms with van der Waals surface area (Å²) < 4.78 is 0. The number of carbonyl (C=O) groups excluding carboxylic acids is 3. The van der Waals surface area contributed by atoms with E-state index in [1.165, 1.54) is 6.20 Å². The average molecular weight is 351 g/mol. The van der Waals surface area contributed by atoms with Crippen LogP contribution in [-0.4, -0.2) is 39.8 Å². The topological polar surface area (TPSA) is 91.4 Å². The number of halogens is 1. The van der Waals surface area contributed by atoms with Gasteiger partial charge in [0.2, 0.25) is 5.91 Å². The lowest BCUT2D eigenvalue weighted by Gasteiger charge is -2.24. The number of anilines is 1. The fourth-order valence-corrected chi connectivity index (χ4v) is 3.47. The second-order valence-electron chi connectivity index (χ2n) is 6.21. The summed E-state index contributed by atoms with van der Waals surface area (Å²) in [7, 11) is 0. The van der Waals surface area contributed by atoms with Crippen molar-refractivity contribution < 1.29 is 14.4 Å². The minimum absolute atomic E-state index is 0.156. The van der Waals surface area contributed by atoms with E-state index >= 15 is 0 Å². The van der Waals surface area contributed by atoms with Gasteiger partial charge in [0.25, 0.3) is 5.91 Å². The third-order valence-corrected chi connectivity index (χ3v) is 4.84. The fourth-order valence-electron chi connectivity index (χ4n) is 3.30. The molecule has 2 aliphatic rings. The number of aromatic nitrogens is 1. The molecule has 0 atom stereocenters. The molecule has 0 unspecified atom stereocenters. The Kier molecular flexibility index (Phi) is 4.71. The van der Waals surface area contributed by atoms with E-state index in [4.69, 9.17) is 11.6 Å².